The van der Waals surface area contributed by atoms with E-state index < -0.39 is 31.4 Å². The zero-order valence-electron chi connectivity index (χ0n) is 41.1. The van der Waals surface area contributed by atoms with Crippen LogP contribution in [0.3, 0.4) is 0 Å². The topological polar surface area (TPSA) is 173 Å². The van der Waals surface area contributed by atoms with E-state index in [2.05, 4.69) is 11.4 Å². The van der Waals surface area contributed by atoms with Crippen molar-refractivity contribution in [1.29, 1.82) is 0 Å². The fraction of sp³-hybridized carbons (Fsp3) is 0.491. The number of hydrogen-bond donors (Lipinski definition) is 2. The van der Waals surface area contributed by atoms with E-state index in [1.54, 1.807) is 50.2 Å². The predicted molar refractivity (Wildman–Crippen MR) is 275 cm³/mol. The summed E-state index contributed by atoms with van der Waals surface area (Å²) in [6.45, 7) is 10.7. The Morgan fingerprint density at radius 3 is 1.41 bits per heavy atom. The van der Waals surface area contributed by atoms with Crippen LogP contribution in [0.25, 0.3) is 0 Å². The van der Waals surface area contributed by atoms with E-state index >= 15 is 0 Å². The molecule has 12 nitrogen and oxygen atoms in total. The monoisotopic (exact) mass is 1020 g/mol. The van der Waals surface area contributed by atoms with Crippen LogP contribution in [-0.2, 0) is 57.7 Å². The maximum atomic E-state index is 12.7. The molecular weight excluding hydrogens is 956 g/mol. The molecule has 69 heavy (non-hydrogen) atoms. The first-order valence-electron chi connectivity index (χ1n) is 23.6. The molecule has 4 aromatic carbocycles. The van der Waals surface area contributed by atoms with Crippen LogP contribution in [0.2, 0.25) is 10.0 Å². The van der Waals surface area contributed by atoms with Gasteiger partial charge in [0.05, 0.1) is 9.79 Å². The summed E-state index contributed by atoms with van der Waals surface area (Å²) in [7, 11) is -6.54. The highest BCUT2D eigenvalue weighted by Gasteiger charge is 2.40. The van der Waals surface area contributed by atoms with Gasteiger partial charge in [0.25, 0.3) is 0 Å². The highest BCUT2D eigenvalue weighted by molar-refractivity contribution is 7.91. The Hall–Kier alpha value is -4.47. The molecule has 3 N–H and O–H groups in total. The fourth-order valence-corrected chi connectivity index (χ4v) is 11.6. The first kappa shape index (κ1) is 55.5. The van der Waals surface area contributed by atoms with Gasteiger partial charge in [0, 0.05) is 85.5 Å². The molecular formula is C53H70Cl2N4O8S2. The molecule has 0 aliphatic heterocycles. The molecule has 6 rings (SSSR count). The van der Waals surface area contributed by atoms with E-state index in [1.807, 2.05) is 85.2 Å². The van der Waals surface area contributed by atoms with E-state index in [-0.39, 0.29) is 39.6 Å². The molecule has 0 spiro atoms. The summed E-state index contributed by atoms with van der Waals surface area (Å²) >= 11 is 12.5. The molecule has 2 saturated carbocycles. The summed E-state index contributed by atoms with van der Waals surface area (Å²) in [5.74, 6) is 0.0451. The van der Waals surface area contributed by atoms with Crippen molar-refractivity contribution in [3.63, 3.8) is 0 Å². The molecule has 4 aromatic rings. The Morgan fingerprint density at radius 2 is 1.04 bits per heavy atom. The van der Waals surface area contributed by atoms with Crippen molar-refractivity contribution in [2.24, 2.45) is 5.73 Å². The molecule has 0 bridgehead atoms. The number of alkyl carbamates (subject to hydrolysis) is 1. The van der Waals surface area contributed by atoms with E-state index in [9.17, 15) is 31.2 Å². The third-order valence-corrected chi connectivity index (χ3v) is 16.4. The second-order valence-electron chi connectivity index (χ2n) is 19.9. The van der Waals surface area contributed by atoms with Crippen molar-refractivity contribution in [1.82, 2.24) is 15.1 Å². The Morgan fingerprint density at radius 1 is 0.652 bits per heavy atom. The molecule has 0 saturated heterocycles. The zero-order chi connectivity index (χ0) is 50.8. The zero-order valence-corrected chi connectivity index (χ0v) is 44.2. The van der Waals surface area contributed by atoms with Gasteiger partial charge in [0.1, 0.15) is 5.60 Å². The number of sulfone groups is 2. The average molecular weight is 1030 g/mol. The second kappa shape index (κ2) is 23.6. The summed E-state index contributed by atoms with van der Waals surface area (Å²) in [6, 6.07) is 29.8. The summed E-state index contributed by atoms with van der Waals surface area (Å²) in [5.41, 5.74) is 9.22. The number of carbonyl (C=O) groups excluding carboxylic acids is 3. The van der Waals surface area contributed by atoms with Crippen molar-refractivity contribution in [2.45, 2.75) is 137 Å². The van der Waals surface area contributed by atoms with Crippen LogP contribution < -0.4 is 11.1 Å². The number of nitrogens with two attached hydrogens (primary N) is 1. The quantitative estimate of drug-likeness (QED) is 0.118. The highest BCUT2D eigenvalue weighted by Crippen LogP contribution is 2.43. The van der Waals surface area contributed by atoms with Gasteiger partial charge in [-0.1, -0.05) is 71.7 Å². The standard InChI is InChI=1S/C29H39ClN2O5S.C24H31ClN2O3S/c1-21(33)32(17-14-22-8-6-11-26(18-22)38(5,35)36)25-12-15-29(16-13-25,23-9-7-10-24(30)19-23)20-31-27(34)37-28(2,3)4;1-18(28)27(14-11-19-5-3-8-23(15-19)31(2,29)30)22-9-12-24(17-26,13-10-22)20-6-4-7-21(25)16-20/h6-11,18-19,25H,12-17,20H2,1-5H3,(H,31,34);3-8,15-16,22H,9-14,17,26H2,1-2H3. The maximum Gasteiger partial charge on any atom is 0.407 e. The molecule has 2 aliphatic rings. The van der Waals surface area contributed by atoms with Gasteiger partial charge in [-0.25, -0.2) is 21.6 Å². The fourth-order valence-electron chi connectivity index (χ4n) is 9.86. The number of halogens is 2. The van der Waals surface area contributed by atoms with Crippen molar-refractivity contribution in [3.8, 4) is 0 Å². The number of nitrogens with zero attached hydrogens (tertiary/aromatic N) is 2. The van der Waals surface area contributed by atoms with Crippen LogP contribution in [-0.4, -0.2) is 101 Å². The smallest absolute Gasteiger partial charge is 0.407 e. The van der Waals surface area contributed by atoms with Crippen molar-refractivity contribution < 1.29 is 36.0 Å². The summed E-state index contributed by atoms with van der Waals surface area (Å²) in [4.78, 5) is 42.0. The summed E-state index contributed by atoms with van der Waals surface area (Å²) in [6.07, 6.45) is 9.78. The van der Waals surface area contributed by atoms with Gasteiger partial charge in [-0.2, -0.15) is 0 Å². The number of amides is 3. The number of benzene rings is 4. The number of nitrogens with one attached hydrogen (secondary N) is 1. The van der Waals surface area contributed by atoms with Gasteiger partial charge in [0.15, 0.2) is 19.7 Å². The third-order valence-electron chi connectivity index (χ3n) is 13.7. The van der Waals surface area contributed by atoms with Gasteiger partial charge in [-0.15, -0.1) is 0 Å². The predicted octanol–water partition coefficient (Wildman–Crippen LogP) is 9.51. The molecule has 0 atom stereocenters. The highest BCUT2D eigenvalue weighted by atomic mass is 35.5. The third kappa shape index (κ3) is 15.8. The van der Waals surface area contributed by atoms with Gasteiger partial charge < -0.3 is 25.6 Å². The lowest BCUT2D eigenvalue weighted by atomic mass is 9.67. The first-order chi connectivity index (χ1) is 32.3. The molecule has 0 aromatic heterocycles. The van der Waals surface area contributed by atoms with E-state index in [4.69, 9.17) is 33.7 Å². The maximum absolute atomic E-state index is 12.7. The van der Waals surface area contributed by atoms with E-state index in [1.165, 1.54) is 18.1 Å². The van der Waals surface area contributed by atoms with Crippen LogP contribution >= 0.6 is 23.2 Å². The van der Waals surface area contributed by atoms with Gasteiger partial charge in [-0.05, 0) is 156 Å². The molecule has 2 aliphatic carbocycles. The molecule has 2 fully saturated rings. The van der Waals surface area contributed by atoms with Gasteiger partial charge >= 0.3 is 6.09 Å². The Kier molecular flexibility index (Phi) is 19.0. The lowest BCUT2D eigenvalue weighted by Crippen LogP contribution is -2.49. The molecule has 3 amide bonds. The minimum atomic E-state index is -3.29. The van der Waals surface area contributed by atoms with Gasteiger partial charge in [0.2, 0.25) is 11.8 Å². The van der Waals surface area contributed by atoms with Gasteiger partial charge in [-0.3, -0.25) is 9.59 Å². The van der Waals surface area contributed by atoms with Crippen LogP contribution in [0.15, 0.2) is 107 Å². The molecule has 16 heteroatoms. The molecule has 376 valence electrons. The minimum Gasteiger partial charge on any atom is -0.444 e. The normalized spacial score (nSPS) is 20.7. The summed E-state index contributed by atoms with van der Waals surface area (Å²) in [5, 5.41) is 4.32. The van der Waals surface area contributed by atoms with Crippen LogP contribution in [0.5, 0.6) is 0 Å². The van der Waals surface area contributed by atoms with Crippen molar-refractivity contribution in [3.05, 3.63) is 129 Å². The number of ether oxygens (including phenoxy) is 1. The number of carbonyl (C=O) groups is 3. The number of hydrogen-bond acceptors (Lipinski definition) is 9. The van der Waals surface area contributed by atoms with Crippen LogP contribution in [0.4, 0.5) is 4.79 Å². The second-order valence-corrected chi connectivity index (χ2v) is 24.8. The van der Waals surface area contributed by atoms with E-state index in [0.717, 1.165) is 68.1 Å². The SMILES string of the molecule is CC(=O)N(CCc1cccc(S(C)(=O)=O)c1)C1CCC(CN)(c2cccc(Cl)c2)CC1.CC(=O)N(CCc1cccc(S(C)(=O)=O)c1)C1CCC(CNC(=O)OC(C)(C)C)(c2cccc(Cl)c2)CC1. The lowest BCUT2D eigenvalue weighted by molar-refractivity contribution is -0.132. The molecule has 0 heterocycles. The van der Waals surface area contributed by atoms with Crippen molar-refractivity contribution >= 4 is 60.8 Å². The van der Waals surface area contributed by atoms with Crippen LogP contribution in [0, 0.1) is 0 Å². The summed E-state index contributed by atoms with van der Waals surface area (Å²) < 4.78 is 53.0. The first-order valence-corrected chi connectivity index (χ1v) is 28.2. The molecule has 0 radical (unpaired) electrons. The number of rotatable bonds is 15. The molecule has 0 unspecified atom stereocenters. The Labute approximate surface area is 420 Å². The largest absolute Gasteiger partial charge is 0.444 e. The Balaban J connectivity index is 0.000000263. The van der Waals surface area contributed by atoms with E-state index in [0.29, 0.717) is 54.0 Å². The lowest BCUT2D eigenvalue weighted by Gasteiger charge is -2.44. The minimum absolute atomic E-state index is 0.00333. The Bertz CT molecular complexity index is 2640. The average Bonchev–Trinajstić information content (AvgIpc) is 3.28. The van der Waals surface area contributed by atoms with Crippen LogP contribution in [0.1, 0.15) is 108 Å². The van der Waals surface area contributed by atoms with Crippen molar-refractivity contribution in [2.75, 3.05) is 38.7 Å².